The van der Waals surface area contributed by atoms with Gasteiger partial charge in [-0.3, -0.25) is 13.9 Å². The topological polar surface area (TPSA) is 86.8 Å². The molecule has 3 rings (SSSR count). The van der Waals surface area contributed by atoms with E-state index < -0.39 is 28.5 Å². The fourth-order valence-corrected chi connectivity index (χ4v) is 5.31. The van der Waals surface area contributed by atoms with E-state index in [1.54, 1.807) is 25.1 Å². The summed E-state index contributed by atoms with van der Waals surface area (Å²) >= 11 is 6.29. The molecule has 0 saturated carbocycles. The molecule has 3 aromatic carbocycles. The maximum atomic E-state index is 14.1. The van der Waals surface area contributed by atoms with Gasteiger partial charge in [0.2, 0.25) is 21.8 Å². The van der Waals surface area contributed by atoms with Crippen molar-refractivity contribution in [1.82, 2.24) is 10.2 Å². The van der Waals surface area contributed by atoms with Gasteiger partial charge in [-0.05, 0) is 49.1 Å². The molecular weight excluding hydrogens is 534 g/mol. The number of anilines is 1. The van der Waals surface area contributed by atoms with Gasteiger partial charge >= 0.3 is 0 Å². The van der Waals surface area contributed by atoms with E-state index in [1.165, 1.54) is 4.90 Å². The van der Waals surface area contributed by atoms with Gasteiger partial charge in [-0.2, -0.15) is 0 Å². The molecule has 0 aromatic heterocycles. The first-order valence-electron chi connectivity index (χ1n) is 12.9. The average molecular weight is 570 g/mol. The molecule has 1 N–H and O–H groups in total. The highest BCUT2D eigenvalue weighted by molar-refractivity contribution is 7.92. The van der Waals surface area contributed by atoms with Crippen molar-refractivity contribution in [2.24, 2.45) is 0 Å². The number of benzene rings is 3. The zero-order chi connectivity index (χ0) is 28.6. The van der Waals surface area contributed by atoms with E-state index in [4.69, 9.17) is 11.6 Å². The van der Waals surface area contributed by atoms with Crippen molar-refractivity contribution in [3.63, 3.8) is 0 Å². The fourth-order valence-electron chi connectivity index (χ4n) is 4.24. The highest BCUT2D eigenvalue weighted by atomic mass is 35.5. The lowest BCUT2D eigenvalue weighted by Crippen LogP contribution is -2.54. The Morgan fingerprint density at radius 2 is 1.51 bits per heavy atom. The van der Waals surface area contributed by atoms with Crippen molar-refractivity contribution < 1.29 is 18.0 Å². The van der Waals surface area contributed by atoms with Crippen LogP contribution in [-0.4, -0.2) is 50.0 Å². The van der Waals surface area contributed by atoms with Crippen LogP contribution < -0.4 is 9.62 Å². The van der Waals surface area contributed by atoms with Gasteiger partial charge in [0.25, 0.3) is 0 Å². The zero-order valence-electron chi connectivity index (χ0n) is 22.8. The Kier molecular flexibility index (Phi) is 10.5. The molecule has 0 aliphatic rings. The van der Waals surface area contributed by atoms with Crippen molar-refractivity contribution in [2.45, 2.75) is 52.2 Å². The lowest BCUT2D eigenvalue weighted by atomic mass is 10.0. The molecule has 0 bridgehead atoms. The maximum Gasteiger partial charge on any atom is 0.244 e. The Labute approximate surface area is 236 Å². The van der Waals surface area contributed by atoms with Crippen molar-refractivity contribution in [2.75, 3.05) is 17.1 Å². The van der Waals surface area contributed by atoms with Crippen LogP contribution in [-0.2, 0) is 32.6 Å². The maximum absolute atomic E-state index is 14.1. The van der Waals surface area contributed by atoms with Crippen molar-refractivity contribution in [3.05, 3.63) is 101 Å². The fraction of sp³-hybridized carbons (Fsp3) is 0.333. The summed E-state index contributed by atoms with van der Waals surface area (Å²) in [5.41, 5.74) is 2.58. The van der Waals surface area contributed by atoms with Crippen molar-refractivity contribution in [3.8, 4) is 0 Å². The number of carbonyl (C=O) groups is 2. The number of amides is 2. The molecular formula is C30H36ClN3O4S. The molecule has 0 heterocycles. The second kappa shape index (κ2) is 13.6. The van der Waals surface area contributed by atoms with Crippen LogP contribution in [0.2, 0.25) is 5.02 Å². The first-order chi connectivity index (χ1) is 18.5. The average Bonchev–Trinajstić information content (AvgIpc) is 2.91. The molecule has 39 heavy (non-hydrogen) atoms. The first-order valence-corrected chi connectivity index (χ1v) is 15.1. The molecule has 208 valence electrons. The van der Waals surface area contributed by atoms with Gasteiger partial charge in [0, 0.05) is 24.0 Å². The summed E-state index contributed by atoms with van der Waals surface area (Å²) in [5.74, 6) is -0.786. The van der Waals surface area contributed by atoms with E-state index in [0.29, 0.717) is 16.3 Å². The first kappa shape index (κ1) is 30.2. The molecule has 7 nitrogen and oxygen atoms in total. The van der Waals surface area contributed by atoms with E-state index in [0.717, 1.165) is 28.1 Å². The number of carbonyl (C=O) groups excluding carboxylic acids is 2. The molecule has 0 aliphatic heterocycles. The number of halogens is 1. The summed E-state index contributed by atoms with van der Waals surface area (Å²) in [6, 6.07) is 22.8. The van der Waals surface area contributed by atoms with Crippen LogP contribution in [0, 0.1) is 6.92 Å². The third-order valence-corrected chi connectivity index (χ3v) is 8.19. The normalized spacial score (nSPS) is 12.8. The Morgan fingerprint density at radius 1 is 0.923 bits per heavy atom. The quantitative estimate of drug-likeness (QED) is 0.334. The van der Waals surface area contributed by atoms with Gasteiger partial charge < -0.3 is 10.2 Å². The van der Waals surface area contributed by atoms with Crippen molar-refractivity contribution in [1.29, 1.82) is 0 Å². The van der Waals surface area contributed by atoms with Crippen LogP contribution >= 0.6 is 11.6 Å². The van der Waals surface area contributed by atoms with Gasteiger partial charge in [-0.1, -0.05) is 85.3 Å². The summed E-state index contributed by atoms with van der Waals surface area (Å²) in [6.07, 6.45) is 2.06. The van der Waals surface area contributed by atoms with Gasteiger partial charge in [0.05, 0.1) is 11.9 Å². The summed E-state index contributed by atoms with van der Waals surface area (Å²) in [4.78, 5) is 29.2. The van der Waals surface area contributed by atoms with Crippen LogP contribution in [0.1, 0.15) is 37.0 Å². The van der Waals surface area contributed by atoms with E-state index in [-0.39, 0.29) is 24.9 Å². The number of nitrogens with one attached hydrogen (secondary N) is 1. The predicted molar refractivity (Wildman–Crippen MR) is 157 cm³/mol. The molecule has 0 unspecified atom stereocenters. The summed E-state index contributed by atoms with van der Waals surface area (Å²) in [7, 11) is -3.86. The summed E-state index contributed by atoms with van der Waals surface area (Å²) in [6.45, 7) is 5.25. The minimum absolute atomic E-state index is 0.0916. The molecule has 0 radical (unpaired) electrons. The van der Waals surface area contributed by atoms with Crippen LogP contribution in [0.5, 0.6) is 0 Å². The van der Waals surface area contributed by atoms with Crippen LogP contribution in [0.3, 0.4) is 0 Å². The Bertz CT molecular complexity index is 1370. The third-order valence-electron chi connectivity index (χ3n) is 6.65. The minimum Gasteiger partial charge on any atom is -0.352 e. The lowest BCUT2D eigenvalue weighted by Gasteiger charge is -2.34. The third kappa shape index (κ3) is 8.31. The van der Waals surface area contributed by atoms with Gasteiger partial charge in [-0.15, -0.1) is 0 Å². The number of hydrogen-bond acceptors (Lipinski definition) is 4. The number of sulfonamides is 1. The molecule has 2 amide bonds. The van der Waals surface area contributed by atoms with Crippen molar-refractivity contribution >= 4 is 39.1 Å². The zero-order valence-corrected chi connectivity index (χ0v) is 24.4. The lowest BCUT2D eigenvalue weighted by molar-refractivity contribution is -0.140. The van der Waals surface area contributed by atoms with Crippen LogP contribution in [0.25, 0.3) is 0 Å². The molecule has 0 saturated heterocycles. The second-order valence-electron chi connectivity index (χ2n) is 9.68. The minimum atomic E-state index is -3.86. The summed E-state index contributed by atoms with van der Waals surface area (Å²) in [5, 5.41) is 3.41. The molecule has 9 heteroatoms. The van der Waals surface area contributed by atoms with E-state index in [9.17, 15) is 18.0 Å². The smallest absolute Gasteiger partial charge is 0.244 e. The summed E-state index contributed by atoms with van der Waals surface area (Å²) < 4.78 is 26.9. The Morgan fingerprint density at radius 3 is 2.08 bits per heavy atom. The molecule has 0 fully saturated rings. The van der Waals surface area contributed by atoms with E-state index >= 15 is 0 Å². The van der Waals surface area contributed by atoms with Crippen LogP contribution in [0.15, 0.2) is 78.9 Å². The predicted octanol–water partition coefficient (Wildman–Crippen LogP) is 4.97. The standard InChI is InChI=1S/C30H36ClN3O4S/c1-5-22(2)32-30(36)28(19-24-13-8-6-9-14-24)33(20-25-15-10-7-11-16-25)29(35)21-34(39(4,37)38)27-18-12-17-26(31)23(27)3/h6-18,22,28H,5,19-21H2,1-4H3,(H,32,36)/t22-,28-/m0/s1. The molecule has 2 atom stereocenters. The number of hydrogen-bond donors (Lipinski definition) is 1. The molecule has 0 aliphatic carbocycles. The van der Waals surface area contributed by atoms with E-state index in [1.807, 2.05) is 74.5 Å². The molecule has 3 aromatic rings. The van der Waals surface area contributed by atoms with Gasteiger partial charge in [0.15, 0.2) is 0 Å². The largest absolute Gasteiger partial charge is 0.352 e. The van der Waals surface area contributed by atoms with Gasteiger partial charge in [0.1, 0.15) is 12.6 Å². The number of rotatable bonds is 12. The Balaban J connectivity index is 2.06. The van der Waals surface area contributed by atoms with E-state index in [2.05, 4.69) is 5.32 Å². The highest BCUT2D eigenvalue weighted by Crippen LogP contribution is 2.28. The van der Waals surface area contributed by atoms with Gasteiger partial charge in [-0.25, -0.2) is 8.42 Å². The number of nitrogens with zero attached hydrogens (tertiary/aromatic N) is 2. The Hall–Kier alpha value is -3.36. The SMILES string of the molecule is CC[C@H](C)NC(=O)[C@H](Cc1ccccc1)N(Cc1ccccc1)C(=O)CN(c1cccc(Cl)c1C)S(C)(=O)=O. The molecule has 0 spiro atoms. The van der Waals surface area contributed by atoms with Crippen LogP contribution in [0.4, 0.5) is 5.69 Å². The highest BCUT2D eigenvalue weighted by Gasteiger charge is 2.33. The second-order valence-corrected chi connectivity index (χ2v) is 12.0. The monoisotopic (exact) mass is 569 g/mol.